The van der Waals surface area contributed by atoms with Crippen LogP contribution in [0, 0.1) is 0 Å². The number of esters is 1. The van der Waals surface area contributed by atoms with E-state index in [9.17, 15) is 9.59 Å². The molecule has 0 fully saturated rings. The molecule has 0 radical (unpaired) electrons. The fourth-order valence-corrected chi connectivity index (χ4v) is 1.88. The van der Waals surface area contributed by atoms with Crippen LogP contribution >= 0.6 is 0 Å². The Bertz CT molecular complexity index is 488. The van der Waals surface area contributed by atoms with Crippen molar-refractivity contribution in [3.05, 3.63) is 29.8 Å². The van der Waals surface area contributed by atoms with Crippen LogP contribution in [0.15, 0.2) is 24.3 Å². The van der Waals surface area contributed by atoms with E-state index in [0.29, 0.717) is 19.6 Å². The van der Waals surface area contributed by atoms with Gasteiger partial charge in [0.1, 0.15) is 18.4 Å². The largest absolute Gasteiger partial charge is 0.497 e. The first-order valence-corrected chi connectivity index (χ1v) is 7.17. The molecule has 7 nitrogen and oxygen atoms in total. The van der Waals surface area contributed by atoms with Gasteiger partial charge in [0.25, 0.3) is 0 Å². The van der Waals surface area contributed by atoms with Crippen molar-refractivity contribution in [2.45, 2.75) is 12.5 Å². The summed E-state index contributed by atoms with van der Waals surface area (Å²) >= 11 is 0. The molecule has 23 heavy (non-hydrogen) atoms. The summed E-state index contributed by atoms with van der Waals surface area (Å²) in [5.74, 6) is -0.171. The maximum Gasteiger partial charge on any atom is 0.328 e. The normalized spacial score (nSPS) is 11.6. The zero-order valence-corrected chi connectivity index (χ0v) is 13.7. The monoisotopic (exact) mass is 325 g/mol. The highest BCUT2D eigenvalue weighted by molar-refractivity contribution is 5.85. The van der Waals surface area contributed by atoms with Gasteiger partial charge in [-0.25, -0.2) is 4.79 Å². The van der Waals surface area contributed by atoms with E-state index in [4.69, 9.17) is 18.9 Å². The Labute approximate surface area is 135 Å². The van der Waals surface area contributed by atoms with Crippen molar-refractivity contribution >= 4 is 11.9 Å². The molecule has 0 bridgehead atoms. The Kier molecular flexibility index (Phi) is 8.71. The minimum Gasteiger partial charge on any atom is -0.497 e. The number of amides is 1. The second kappa shape index (κ2) is 10.6. The van der Waals surface area contributed by atoms with E-state index in [1.165, 1.54) is 7.11 Å². The number of rotatable bonds is 10. The molecule has 128 valence electrons. The van der Waals surface area contributed by atoms with Crippen molar-refractivity contribution in [3.8, 4) is 5.75 Å². The van der Waals surface area contributed by atoms with Crippen LogP contribution in [0.4, 0.5) is 0 Å². The standard InChI is InChI=1S/C16H23NO6/c1-20-8-9-23-11-15(18)17-14(16(19)22-3)10-12-4-6-13(21-2)7-5-12/h4-7,14H,8-11H2,1-3H3,(H,17,18)/t14-/m0/s1. The Balaban J connectivity index is 2.57. The average Bonchev–Trinajstić information content (AvgIpc) is 2.58. The van der Waals surface area contributed by atoms with Gasteiger partial charge < -0.3 is 24.3 Å². The molecule has 0 aliphatic heterocycles. The Morgan fingerprint density at radius 2 is 1.78 bits per heavy atom. The maximum atomic E-state index is 11.8. The summed E-state index contributed by atoms with van der Waals surface area (Å²) in [7, 11) is 4.41. The van der Waals surface area contributed by atoms with Crippen LogP contribution in [0.2, 0.25) is 0 Å². The van der Waals surface area contributed by atoms with Gasteiger partial charge in [0, 0.05) is 13.5 Å². The van der Waals surface area contributed by atoms with Gasteiger partial charge in [-0.15, -0.1) is 0 Å². The summed E-state index contributed by atoms with van der Waals surface area (Å²) in [5.41, 5.74) is 0.877. The Hall–Kier alpha value is -2.12. The molecule has 1 rings (SSSR count). The van der Waals surface area contributed by atoms with Gasteiger partial charge in [0.15, 0.2) is 0 Å². The fraction of sp³-hybridized carbons (Fsp3) is 0.500. The average molecular weight is 325 g/mol. The molecule has 0 aromatic heterocycles. The molecule has 7 heteroatoms. The van der Waals surface area contributed by atoms with Crippen molar-refractivity contribution in [2.24, 2.45) is 0 Å². The number of carbonyl (C=O) groups excluding carboxylic acids is 2. The maximum absolute atomic E-state index is 11.8. The van der Waals surface area contributed by atoms with Crippen LogP contribution in [-0.4, -0.2) is 59.1 Å². The molecule has 0 aliphatic carbocycles. The van der Waals surface area contributed by atoms with Crippen LogP contribution in [0.25, 0.3) is 0 Å². The van der Waals surface area contributed by atoms with E-state index < -0.39 is 12.0 Å². The third kappa shape index (κ3) is 7.12. The van der Waals surface area contributed by atoms with E-state index in [2.05, 4.69) is 5.32 Å². The predicted molar refractivity (Wildman–Crippen MR) is 83.3 cm³/mol. The van der Waals surface area contributed by atoms with E-state index in [-0.39, 0.29) is 12.5 Å². The quantitative estimate of drug-likeness (QED) is 0.500. The molecular weight excluding hydrogens is 302 g/mol. The van der Waals surface area contributed by atoms with Crippen molar-refractivity contribution in [1.82, 2.24) is 5.32 Å². The van der Waals surface area contributed by atoms with Gasteiger partial charge >= 0.3 is 5.97 Å². The van der Waals surface area contributed by atoms with Crippen molar-refractivity contribution < 1.29 is 28.5 Å². The SMILES string of the molecule is COCCOCC(=O)N[C@@H](Cc1ccc(OC)cc1)C(=O)OC. The van der Waals surface area contributed by atoms with E-state index in [0.717, 1.165) is 11.3 Å². The minimum absolute atomic E-state index is 0.139. The minimum atomic E-state index is -0.771. The fourth-order valence-electron chi connectivity index (χ4n) is 1.88. The highest BCUT2D eigenvalue weighted by Gasteiger charge is 2.22. The van der Waals surface area contributed by atoms with Gasteiger partial charge in [0.2, 0.25) is 5.91 Å². The first kappa shape index (κ1) is 18.9. The molecular formula is C16H23NO6. The summed E-state index contributed by atoms with van der Waals surface area (Å²) in [6, 6.07) is 6.47. The third-order valence-corrected chi connectivity index (χ3v) is 3.08. The van der Waals surface area contributed by atoms with Gasteiger partial charge in [-0.3, -0.25) is 4.79 Å². The summed E-state index contributed by atoms with van der Waals surface area (Å²) in [6.45, 7) is 0.574. The number of benzene rings is 1. The highest BCUT2D eigenvalue weighted by Crippen LogP contribution is 2.13. The molecule has 0 aliphatic rings. The third-order valence-electron chi connectivity index (χ3n) is 3.08. The van der Waals surface area contributed by atoms with Crippen LogP contribution in [0.3, 0.4) is 0 Å². The number of ether oxygens (including phenoxy) is 4. The molecule has 1 atom stereocenters. The molecule has 1 aromatic rings. The van der Waals surface area contributed by atoms with E-state index in [1.807, 2.05) is 12.1 Å². The highest BCUT2D eigenvalue weighted by atomic mass is 16.5. The number of carbonyl (C=O) groups is 2. The van der Waals surface area contributed by atoms with Gasteiger partial charge in [0.05, 0.1) is 27.4 Å². The smallest absolute Gasteiger partial charge is 0.328 e. The second-order valence-corrected chi connectivity index (χ2v) is 4.74. The predicted octanol–water partition coefficient (Wildman–Crippen LogP) is 0.559. The summed E-state index contributed by atoms with van der Waals surface area (Å²) in [4.78, 5) is 23.7. The number of methoxy groups -OCH3 is 3. The lowest BCUT2D eigenvalue weighted by Gasteiger charge is -2.17. The topological polar surface area (TPSA) is 83.1 Å². The summed E-state index contributed by atoms with van der Waals surface area (Å²) in [6.07, 6.45) is 0.320. The number of nitrogens with one attached hydrogen (secondary N) is 1. The molecule has 1 N–H and O–H groups in total. The lowest BCUT2D eigenvalue weighted by molar-refractivity contribution is -0.145. The van der Waals surface area contributed by atoms with E-state index >= 15 is 0 Å². The van der Waals surface area contributed by atoms with Crippen molar-refractivity contribution in [2.75, 3.05) is 41.2 Å². The Morgan fingerprint density at radius 3 is 2.35 bits per heavy atom. The van der Waals surface area contributed by atoms with Crippen LogP contribution in [0.1, 0.15) is 5.56 Å². The van der Waals surface area contributed by atoms with Crippen LogP contribution in [-0.2, 0) is 30.2 Å². The number of hydrogen-bond donors (Lipinski definition) is 1. The first-order chi connectivity index (χ1) is 11.1. The summed E-state index contributed by atoms with van der Waals surface area (Å²) < 4.78 is 19.8. The zero-order valence-electron chi connectivity index (χ0n) is 13.7. The lowest BCUT2D eigenvalue weighted by atomic mass is 10.1. The molecule has 0 saturated carbocycles. The second-order valence-electron chi connectivity index (χ2n) is 4.74. The van der Waals surface area contributed by atoms with Crippen LogP contribution < -0.4 is 10.1 Å². The molecule has 0 spiro atoms. The lowest BCUT2D eigenvalue weighted by Crippen LogP contribution is -2.44. The van der Waals surface area contributed by atoms with Gasteiger partial charge in [-0.1, -0.05) is 12.1 Å². The molecule has 1 aromatic carbocycles. The first-order valence-electron chi connectivity index (χ1n) is 7.17. The molecule has 0 unspecified atom stereocenters. The molecule has 0 heterocycles. The summed E-state index contributed by atoms with van der Waals surface area (Å²) in [5, 5.41) is 2.61. The van der Waals surface area contributed by atoms with Crippen molar-refractivity contribution in [1.29, 1.82) is 0 Å². The van der Waals surface area contributed by atoms with E-state index in [1.54, 1.807) is 26.4 Å². The van der Waals surface area contributed by atoms with Gasteiger partial charge in [-0.05, 0) is 17.7 Å². The van der Waals surface area contributed by atoms with Crippen molar-refractivity contribution in [3.63, 3.8) is 0 Å². The molecule has 0 saturated heterocycles. The van der Waals surface area contributed by atoms with Gasteiger partial charge in [-0.2, -0.15) is 0 Å². The van der Waals surface area contributed by atoms with Crippen LogP contribution in [0.5, 0.6) is 5.75 Å². The zero-order chi connectivity index (χ0) is 17.1. The molecule has 1 amide bonds. The number of hydrogen-bond acceptors (Lipinski definition) is 6. The Morgan fingerprint density at radius 1 is 1.09 bits per heavy atom.